The molecule has 0 aromatic heterocycles. The Labute approximate surface area is 202 Å². The molecule has 0 saturated carbocycles. The molecule has 0 spiro atoms. The Morgan fingerprint density at radius 2 is 0.618 bits per heavy atom. The third-order valence-electron chi connectivity index (χ3n) is 5.87. The normalized spacial score (nSPS) is 10.6. The van der Waals surface area contributed by atoms with Crippen molar-refractivity contribution in [2.45, 2.75) is 13.8 Å². The maximum atomic E-state index is 2.32. The molecule has 5 aromatic rings. The molecule has 0 fully saturated rings. The first-order chi connectivity index (χ1) is 16.7. The first kappa shape index (κ1) is 21.5. The number of para-hydroxylation sites is 3. The standard InChI is InChI=1S/C32H28N2/c1-25-22-26(2)24-32(23-25)34(29-16-10-5-11-17-29)31-20-18-30(19-21-31)33(27-12-6-3-7-13-27)28-14-8-4-9-15-28/h3-24H,1-2H3. The van der Waals surface area contributed by atoms with Gasteiger partial charge in [0, 0.05) is 34.1 Å². The monoisotopic (exact) mass is 440 g/mol. The topological polar surface area (TPSA) is 6.48 Å². The van der Waals surface area contributed by atoms with E-state index in [1.807, 2.05) is 0 Å². The largest absolute Gasteiger partial charge is 0.311 e. The molecule has 0 atom stereocenters. The van der Waals surface area contributed by atoms with Crippen LogP contribution in [0.3, 0.4) is 0 Å². The Morgan fingerprint density at radius 3 is 0.971 bits per heavy atom. The van der Waals surface area contributed by atoms with Crippen molar-refractivity contribution in [3.63, 3.8) is 0 Å². The third-order valence-corrected chi connectivity index (χ3v) is 5.87. The molecule has 0 aliphatic heterocycles. The van der Waals surface area contributed by atoms with Gasteiger partial charge in [0.2, 0.25) is 0 Å². The summed E-state index contributed by atoms with van der Waals surface area (Å²) < 4.78 is 0. The molecule has 2 heteroatoms. The van der Waals surface area contributed by atoms with Gasteiger partial charge in [-0.1, -0.05) is 60.7 Å². The number of anilines is 6. The van der Waals surface area contributed by atoms with Gasteiger partial charge in [-0.3, -0.25) is 0 Å². The first-order valence-corrected chi connectivity index (χ1v) is 11.6. The molecule has 0 unspecified atom stereocenters. The average molecular weight is 441 g/mol. The predicted octanol–water partition coefficient (Wildman–Crippen LogP) is 9.24. The molecule has 0 radical (unpaired) electrons. The first-order valence-electron chi connectivity index (χ1n) is 11.6. The molecule has 2 nitrogen and oxygen atoms in total. The molecule has 5 rings (SSSR count). The van der Waals surface area contributed by atoms with Crippen molar-refractivity contribution in [2.24, 2.45) is 0 Å². The van der Waals surface area contributed by atoms with Crippen molar-refractivity contribution in [3.8, 4) is 0 Å². The van der Waals surface area contributed by atoms with E-state index in [0.29, 0.717) is 0 Å². The molecule has 34 heavy (non-hydrogen) atoms. The molecule has 0 aliphatic carbocycles. The summed E-state index contributed by atoms with van der Waals surface area (Å²) in [6.07, 6.45) is 0. The maximum Gasteiger partial charge on any atom is 0.0466 e. The summed E-state index contributed by atoms with van der Waals surface area (Å²) >= 11 is 0. The van der Waals surface area contributed by atoms with E-state index in [1.54, 1.807) is 0 Å². The highest BCUT2D eigenvalue weighted by atomic mass is 15.2. The van der Waals surface area contributed by atoms with Crippen LogP contribution in [0.4, 0.5) is 34.1 Å². The molecule has 0 N–H and O–H groups in total. The van der Waals surface area contributed by atoms with E-state index >= 15 is 0 Å². The van der Waals surface area contributed by atoms with Gasteiger partial charge in [-0.05, 0) is 97.8 Å². The molecule has 0 bridgehead atoms. The summed E-state index contributed by atoms with van der Waals surface area (Å²) in [5.41, 5.74) is 9.34. The number of hydrogen-bond acceptors (Lipinski definition) is 2. The van der Waals surface area contributed by atoms with Crippen molar-refractivity contribution < 1.29 is 0 Å². The summed E-state index contributed by atoms with van der Waals surface area (Å²) in [5.74, 6) is 0. The lowest BCUT2D eigenvalue weighted by molar-refractivity contribution is 1.24. The van der Waals surface area contributed by atoms with Gasteiger partial charge >= 0.3 is 0 Å². The Hall–Kier alpha value is -4.30. The quantitative estimate of drug-likeness (QED) is 0.259. The zero-order valence-corrected chi connectivity index (χ0v) is 19.6. The minimum Gasteiger partial charge on any atom is -0.311 e. The van der Waals surface area contributed by atoms with Crippen LogP contribution in [0, 0.1) is 13.8 Å². The minimum atomic E-state index is 1.12. The molecule has 0 saturated heterocycles. The molecule has 0 amide bonds. The van der Waals surface area contributed by atoms with Gasteiger partial charge in [0.15, 0.2) is 0 Å². The lowest BCUT2D eigenvalue weighted by Crippen LogP contribution is -2.12. The van der Waals surface area contributed by atoms with E-state index in [-0.39, 0.29) is 0 Å². The second-order valence-electron chi connectivity index (χ2n) is 8.54. The highest BCUT2D eigenvalue weighted by Crippen LogP contribution is 2.39. The van der Waals surface area contributed by atoms with Crippen LogP contribution < -0.4 is 9.80 Å². The highest BCUT2D eigenvalue weighted by Gasteiger charge is 2.15. The predicted molar refractivity (Wildman–Crippen MR) is 145 cm³/mol. The minimum absolute atomic E-state index is 1.12. The SMILES string of the molecule is Cc1cc(C)cc(N(c2ccccc2)c2ccc(N(c3ccccc3)c3ccccc3)cc2)c1. The Kier molecular flexibility index (Phi) is 6.13. The lowest BCUT2D eigenvalue weighted by atomic mass is 10.1. The molecule has 0 heterocycles. The molecular weight excluding hydrogens is 412 g/mol. The van der Waals surface area contributed by atoms with Gasteiger partial charge in [-0.2, -0.15) is 0 Å². The number of benzene rings is 5. The van der Waals surface area contributed by atoms with Crippen molar-refractivity contribution in [1.82, 2.24) is 0 Å². The van der Waals surface area contributed by atoms with Crippen molar-refractivity contribution >= 4 is 34.1 Å². The van der Waals surface area contributed by atoms with Crippen LogP contribution in [0.15, 0.2) is 133 Å². The molecule has 166 valence electrons. The Bertz CT molecular complexity index is 1290. The Balaban J connectivity index is 1.59. The highest BCUT2D eigenvalue weighted by molar-refractivity contribution is 5.81. The van der Waals surface area contributed by atoms with Gasteiger partial charge in [0.1, 0.15) is 0 Å². The number of nitrogens with zero attached hydrogens (tertiary/aromatic N) is 2. The van der Waals surface area contributed by atoms with Crippen LogP contribution in [0.25, 0.3) is 0 Å². The summed E-state index contributed by atoms with van der Waals surface area (Å²) in [5, 5.41) is 0. The van der Waals surface area contributed by atoms with E-state index in [9.17, 15) is 0 Å². The van der Waals surface area contributed by atoms with Crippen LogP contribution in [0.5, 0.6) is 0 Å². The smallest absolute Gasteiger partial charge is 0.0466 e. The van der Waals surface area contributed by atoms with Gasteiger partial charge in [-0.25, -0.2) is 0 Å². The van der Waals surface area contributed by atoms with Crippen molar-refractivity contribution in [1.29, 1.82) is 0 Å². The maximum absolute atomic E-state index is 2.32. The average Bonchev–Trinajstić information content (AvgIpc) is 2.87. The second-order valence-corrected chi connectivity index (χ2v) is 8.54. The van der Waals surface area contributed by atoms with Gasteiger partial charge in [0.05, 0.1) is 0 Å². The van der Waals surface area contributed by atoms with Crippen LogP contribution in [0.1, 0.15) is 11.1 Å². The molecule has 5 aromatic carbocycles. The van der Waals surface area contributed by atoms with Crippen LogP contribution in [-0.4, -0.2) is 0 Å². The number of aryl methyl sites for hydroxylation is 2. The van der Waals surface area contributed by atoms with E-state index in [1.165, 1.54) is 16.8 Å². The third kappa shape index (κ3) is 4.57. The van der Waals surface area contributed by atoms with Crippen molar-refractivity contribution in [2.75, 3.05) is 9.80 Å². The summed E-state index contributed by atoms with van der Waals surface area (Å²) in [6.45, 7) is 4.31. The number of rotatable bonds is 6. The van der Waals surface area contributed by atoms with Gasteiger partial charge in [0.25, 0.3) is 0 Å². The van der Waals surface area contributed by atoms with E-state index in [0.717, 1.165) is 28.4 Å². The zero-order valence-electron chi connectivity index (χ0n) is 19.6. The fourth-order valence-electron chi connectivity index (χ4n) is 4.46. The van der Waals surface area contributed by atoms with Gasteiger partial charge in [-0.15, -0.1) is 0 Å². The van der Waals surface area contributed by atoms with Crippen LogP contribution >= 0.6 is 0 Å². The van der Waals surface area contributed by atoms with Crippen LogP contribution in [-0.2, 0) is 0 Å². The summed E-state index contributed by atoms with van der Waals surface area (Å²) in [6, 6.07) is 47.1. The zero-order chi connectivity index (χ0) is 23.3. The summed E-state index contributed by atoms with van der Waals surface area (Å²) in [7, 11) is 0. The molecule has 0 aliphatic rings. The fraction of sp³-hybridized carbons (Fsp3) is 0.0625. The molecular formula is C32H28N2. The lowest BCUT2D eigenvalue weighted by Gasteiger charge is -2.28. The van der Waals surface area contributed by atoms with E-state index in [2.05, 4.69) is 157 Å². The Morgan fingerprint density at radius 1 is 0.324 bits per heavy atom. The fourth-order valence-corrected chi connectivity index (χ4v) is 4.46. The number of hydrogen-bond donors (Lipinski definition) is 0. The van der Waals surface area contributed by atoms with E-state index in [4.69, 9.17) is 0 Å². The van der Waals surface area contributed by atoms with E-state index < -0.39 is 0 Å². The van der Waals surface area contributed by atoms with Crippen molar-refractivity contribution in [3.05, 3.63) is 145 Å². The summed E-state index contributed by atoms with van der Waals surface area (Å²) in [4.78, 5) is 4.60. The second kappa shape index (κ2) is 9.68. The van der Waals surface area contributed by atoms with Crippen LogP contribution in [0.2, 0.25) is 0 Å². The van der Waals surface area contributed by atoms with Gasteiger partial charge < -0.3 is 9.80 Å².